The molecule has 1 aliphatic heterocycles. The van der Waals surface area contributed by atoms with E-state index in [0.29, 0.717) is 5.69 Å². The standard InChI is InChI=1S/C17H14N4O5/c1-19-15-10-14(21(25)26)7-5-11(15)6-8-16(19)18-17(22)12-3-2-4-13(9-12)20(23)24/h2-10,16H,1H3,(H,18,22). The highest BCUT2D eigenvalue weighted by Crippen LogP contribution is 2.30. The van der Waals surface area contributed by atoms with Gasteiger partial charge in [-0.2, -0.15) is 0 Å². The summed E-state index contributed by atoms with van der Waals surface area (Å²) in [6.45, 7) is 0. The monoisotopic (exact) mass is 354 g/mol. The van der Waals surface area contributed by atoms with Crippen molar-refractivity contribution >= 4 is 29.0 Å². The summed E-state index contributed by atoms with van der Waals surface area (Å²) in [5.74, 6) is -0.482. The van der Waals surface area contributed by atoms with Crippen molar-refractivity contribution in [2.24, 2.45) is 0 Å². The summed E-state index contributed by atoms with van der Waals surface area (Å²) < 4.78 is 0. The number of nitro groups is 2. The zero-order chi connectivity index (χ0) is 18.8. The van der Waals surface area contributed by atoms with Crippen molar-refractivity contribution in [1.29, 1.82) is 0 Å². The zero-order valence-electron chi connectivity index (χ0n) is 13.7. The predicted molar refractivity (Wildman–Crippen MR) is 94.9 cm³/mol. The van der Waals surface area contributed by atoms with E-state index in [9.17, 15) is 25.0 Å². The maximum Gasteiger partial charge on any atom is 0.271 e. The fourth-order valence-corrected chi connectivity index (χ4v) is 2.69. The first kappa shape index (κ1) is 17.1. The number of likely N-dealkylation sites (N-methyl/N-ethyl adjacent to an activating group) is 1. The Balaban J connectivity index is 1.82. The molecule has 132 valence electrons. The number of hydrogen-bond donors (Lipinski definition) is 1. The number of anilines is 1. The van der Waals surface area contributed by atoms with E-state index < -0.39 is 21.9 Å². The second-order valence-electron chi connectivity index (χ2n) is 5.70. The molecule has 0 aliphatic carbocycles. The molecule has 2 aromatic carbocycles. The molecule has 1 unspecified atom stereocenters. The van der Waals surface area contributed by atoms with Gasteiger partial charge in [0.1, 0.15) is 6.17 Å². The van der Waals surface area contributed by atoms with E-state index in [1.54, 1.807) is 30.2 Å². The predicted octanol–water partition coefficient (Wildman–Crippen LogP) is 2.72. The van der Waals surface area contributed by atoms with Crippen LogP contribution in [0.2, 0.25) is 0 Å². The number of amides is 1. The number of hydrogen-bond acceptors (Lipinski definition) is 6. The van der Waals surface area contributed by atoms with Crippen molar-refractivity contribution in [1.82, 2.24) is 5.32 Å². The molecule has 9 heteroatoms. The number of rotatable bonds is 4. The molecule has 1 N–H and O–H groups in total. The van der Waals surface area contributed by atoms with Gasteiger partial charge in [-0.1, -0.05) is 12.1 Å². The minimum atomic E-state index is -0.571. The molecule has 0 aromatic heterocycles. The largest absolute Gasteiger partial charge is 0.350 e. The molecule has 2 aromatic rings. The van der Waals surface area contributed by atoms with Crippen molar-refractivity contribution in [3.8, 4) is 0 Å². The van der Waals surface area contributed by atoms with E-state index in [1.807, 2.05) is 0 Å². The van der Waals surface area contributed by atoms with Gasteiger partial charge in [-0.15, -0.1) is 0 Å². The molecule has 1 heterocycles. The van der Waals surface area contributed by atoms with Crippen LogP contribution in [-0.2, 0) is 0 Å². The number of nitrogens with one attached hydrogen (secondary N) is 1. The number of carbonyl (C=O) groups excluding carboxylic acids is 1. The molecule has 1 atom stereocenters. The molecule has 0 spiro atoms. The maximum atomic E-state index is 12.4. The number of nitrogens with zero attached hydrogens (tertiary/aromatic N) is 3. The van der Waals surface area contributed by atoms with Crippen LogP contribution in [0.3, 0.4) is 0 Å². The van der Waals surface area contributed by atoms with Crippen LogP contribution >= 0.6 is 0 Å². The third-order valence-electron chi connectivity index (χ3n) is 4.08. The third-order valence-corrected chi connectivity index (χ3v) is 4.08. The number of fused-ring (bicyclic) bond motifs is 1. The second-order valence-corrected chi connectivity index (χ2v) is 5.70. The minimum Gasteiger partial charge on any atom is -0.350 e. The smallest absolute Gasteiger partial charge is 0.271 e. The van der Waals surface area contributed by atoms with Crippen LogP contribution in [0.5, 0.6) is 0 Å². The average molecular weight is 354 g/mol. The van der Waals surface area contributed by atoms with Crippen LogP contribution in [0.4, 0.5) is 17.1 Å². The Hall–Kier alpha value is -3.75. The van der Waals surface area contributed by atoms with E-state index in [-0.39, 0.29) is 16.9 Å². The second kappa shape index (κ2) is 6.63. The quantitative estimate of drug-likeness (QED) is 0.666. The lowest BCUT2D eigenvalue weighted by molar-refractivity contribution is -0.385. The Morgan fingerprint density at radius 3 is 2.46 bits per heavy atom. The summed E-state index contributed by atoms with van der Waals surface area (Å²) >= 11 is 0. The van der Waals surface area contributed by atoms with Gasteiger partial charge in [0.2, 0.25) is 0 Å². The van der Waals surface area contributed by atoms with Crippen LogP contribution in [0.15, 0.2) is 48.5 Å². The molecule has 0 radical (unpaired) electrons. The Bertz CT molecular complexity index is 941. The number of benzene rings is 2. The third kappa shape index (κ3) is 3.22. The first-order chi connectivity index (χ1) is 12.4. The molecule has 3 rings (SSSR count). The Morgan fingerprint density at radius 1 is 1.08 bits per heavy atom. The molecule has 1 aliphatic rings. The van der Waals surface area contributed by atoms with Gasteiger partial charge >= 0.3 is 0 Å². The van der Waals surface area contributed by atoms with Gasteiger partial charge in [-0.05, 0) is 23.8 Å². The number of non-ortho nitro benzene ring substituents is 2. The topological polar surface area (TPSA) is 119 Å². The van der Waals surface area contributed by atoms with Crippen molar-refractivity contribution < 1.29 is 14.6 Å². The van der Waals surface area contributed by atoms with Gasteiger partial charge in [0.25, 0.3) is 17.3 Å². The minimum absolute atomic E-state index is 0.0466. The highest BCUT2D eigenvalue weighted by atomic mass is 16.6. The van der Waals surface area contributed by atoms with E-state index in [0.717, 1.165) is 5.56 Å². The Morgan fingerprint density at radius 2 is 1.77 bits per heavy atom. The molecule has 0 bridgehead atoms. The molecule has 9 nitrogen and oxygen atoms in total. The molecule has 0 saturated heterocycles. The van der Waals surface area contributed by atoms with Crippen LogP contribution in [-0.4, -0.2) is 29.0 Å². The molecular formula is C17H14N4O5. The lowest BCUT2D eigenvalue weighted by atomic mass is 10.1. The molecule has 1 amide bonds. The maximum absolute atomic E-state index is 12.4. The van der Waals surface area contributed by atoms with Crippen molar-refractivity contribution in [2.75, 3.05) is 11.9 Å². The van der Waals surface area contributed by atoms with Crippen LogP contribution in [0.25, 0.3) is 6.08 Å². The molecule has 26 heavy (non-hydrogen) atoms. The van der Waals surface area contributed by atoms with E-state index in [4.69, 9.17) is 0 Å². The molecule has 0 fully saturated rings. The SMILES string of the molecule is CN1c2cc([N+](=O)[O-])ccc2C=CC1NC(=O)c1cccc([N+](=O)[O-])c1. The summed E-state index contributed by atoms with van der Waals surface area (Å²) in [4.78, 5) is 34.9. The van der Waals surface area contributed by atoms with Crippen LogP contribution in [0.1, 0.15) is 15.9 Å². The normalized spacial score (nSPS) is 15.3. The Labute approximate surface area is 147 Å². The van der Waals surface area contributed by atoms with E-state index in [1.165, 1.54) is 36.4 Å². The van der Waals surface area contributed by atoms with E-state index >= 15 is 0 Å². The summed E-state index contributed by atoms with van der Waals surface area (Å²) in [5.41, 5.74) is 1.33. The van der Waals surface area contributed by atoms with Crippen molar-refractivity contribution in [3.63, 3.8) is 0 Å². The van der Waals surface area contributed by atoms with Crippen molar-refractivity contribution in [2.45, 2.75) is 6.17 Å². The van der Waals surface area contributed by atoms with Gasteiger partial charge in [0.15, 0.2) is 0 Å². The summed E-state index contributed by atoms with van der Waals surface area (Å²) in [5, 5.41) is 24.6. The fraction of sp³-hybridized carbons (Fsp3) is 0.118. The van der Waals surface area contributed by atoms with Gasteiger partial charge in [-0.25, -0.2) is 0 Å². The number of carbonyl (C=O) groups is 1. The fourth-order valence-electron chi connectivity index (χ4n) is 2.69. The van der Waals surface area contributed by atoms with Gasteiger partial charge in [0.05, 0.1) is 15.5 Å². The average Bonchev–Trinajstić information content (AvgIpc) is 2.63. The van der Waals surface area contributed by atoms with Gasteiger partial charge in [-0.3, -0.25) is 25.0 Å². The Kier molecular flexibility index (Phi) is 4.36. The van der Waals surface area contributed by atoms with Crippen LogP contribution in [0, 0.1) is 20.2 Å². The summed E-state index contributed by atoms with van der Waals surface area (Å²) in [6.07, 6.45) is 2.96. The van der Waals surface area contributed by atoms with Crippen molar-refractivity contribution in [3.05, 3.63) is 79.9 Å². The van der Waals surface area contributed by atoms with Gasteiger partial charge < -0.3 is 10.2 Å². The first-order valence-electron chi connectivity index (χ1n) is 7.61. The first-order valence-corrected chi connectivity index (χ1v) is 7.61. The summed E-state index contributed by atoms with van der Waals surface area (Å²) in [7, 11) is 1.70. The lowest BCUT2D eigenvalue weighted by Crippen LogP contribution is -2.46. The zero-order valence-corrected chi connectivity index (χ0v) is 13.7. The highest BCUT2D eigenvalue weighted by molar-refractivity contribution is 5.95. The number of nitro benzene ring substituents is 2. The van der Waals surface area contributed by atoms with E-state index in [2.05, 4.69) is 5.32 Å². The highest BCUT2D eigenvalue weighted by Gasteiger charge is 2.23. The molecule has 0 saturated carbocycles. The van der Waals surface area contributed by atoms with Crippen LogP contribution < -0.4 is 10.2 Å². The summed E-state index contributed by atoms with van der Waals surface area (Å²) in [6, 6.07) is 9.91. The van der Waals surface area contributed by atoms with Gasteiger partial charge in [0, 0.05) is 36.9 Å². The molecular weight excluding hydrogens is 340 g/mol. The lowest BCUT2D eigenvalue weighted by Gasteiger charge is -2.32.